The first-order valence-corrected chi connectivity index (χ1v) is 6.66. The van der Waals surface area contributed by atoms with Crippen molar-refractivity contribution in [3.05, 3.63) is 0 Å². The fourth-order valence-electron chi connectivity index (χ4n) is 1.75. The summed E-state index contributed by atoms with van der Waals surface area (Å²) in [4.78, 5) is 11.4. The van der Waals surface area contributed by atoms with Crippen molar-refractivity contribution in [3.63, 3.8) is 0 Å². The Morgan fingerprint density at radius 3 is 2.93 bits per heavy atom. The highest BCUT2D eigenvalue weighted by Gasteiger charge is 2.29. The first kappa shape index (κ1) is 12.8. The van der Waals surface area contributed by atoms with Crippen LogP contribution in [0.5, 0.6) is 0 Å². The molecule has 1 atom stereocenters. The van der Waals surface area contributed by atoms with Crippen molar-refractivity contribution >= 4 is 17.7 Å². The van der Waals surface area contributed by atoms with E-state index in [9.17, 15) is 4.79 Å². The Bertz CT molecular complexity index is 203. The van der Waals surface area contributed by atoms with Gasteiger partial charge in [0.05, 0.1) is 0 Å². The number of amides is 1. The molecule has 1 aliphatic heterocycles. The number of carbonyl (C=O) groups is 1. The van der Waals surface area contributed by atoms with Crippen LogP contribution in [-0.4, -0.2) is 34.7 Å². The molecule has 1 saturated heterocycles. The van der Waals surface area contributed by atoms with Crippen molar-refractivity contribution < 1.29 is 9.90 Å². The van der Waals surface area contributed by atoms with Crippen molar-refractivity contribution in [2.75, 3.05) is 18.9 Å². The highest BCUT2D eigenvalue weighted by molar-refractivity contribution is 8.00. The zero-order chi connectivity index (χ0) is 11.1. The fraction of sp³-hybridized carbons (Fsp3) is 0.909. The maximum Gasteiger partial charge on any atom is 0.220 e. The van der Waals surface area contributed by atoms with Gasteiger partial charge >= 0.3 is 0 Å². The predicted octanol–water partition coefficient (Wildman–Crippen LogP) is 1.55. The standard InChI is InChI=1S/C11H21NO2S/c1-11(6-4-8-15-11)9-12-10(14)5-2-3-7-13/h13H,2-9H2,1H3,(H,12,14). The van der Waals surface area contributed by atoms with Gasteiger partial charge in [-0.3, -0.25) is 4.79 Å². The lowest BCUT2D eigenvalue weighted by Crippen LogP contribution is -2.36. The third-order valence-electron chi connectivity index (χ3n) is 2.77. The van der Waals surface area contributed by atoms with E-state index >= 15 is 0 Å². The molecule has 2 N–H and O–H groups in total. The van der Waals surface area contributed by atoms with Crippen LogP contribution in [0, 0.1) is 0 Å². The molecule has 15 heavy (non-hydrogen) atoms. The lowest BCUT2D eigenvalue weighted by atomic mass is 10.1. The normalized spacial score (nSPS) is 25.5. The van der Waals surface area contributed by atoms with E-state index in [1.807, 2.05) is 11.8 Å². The second-order valence-corrected chi connectivity index (χ2v) is 6.04. The van der Waals surface area contributed by atoms with Gasteiger partial charge in [-0.25, -0.2) is 0 Å². The number of aliphatic hydroxyl groups is 1. The van der Waals surface area contributed by atoms with Gasteiger partial charge < -0.3 is 10.4 Å². The van der Waals surface area contributed by atoms with Gasteiger partial charge in [0.25, 0.3) is 0 Å². The number of nitrogens with one attached hydrogen (secondary N) is 1. The van der Waals surface area contributed by atoms with Gasteiger partial charge in [0.2, 0.25) is 5.91 Å². The van der Waals surface area contributed by atoms with E-state index in [-0.39, 0.29) is 17.3 Å². The van der Waals surface area contributed by atoms with Crippen LogP contribution in [0.1, 0.15) is 39.0 Å². The van der Waals surface area contributed by atoms with E-state index < -0.39 is 0 Å². The second kappa shape index (κ2) is 6.38. The molecule has 0 spiro atoms. The summed E-state index contributed by atoms with van der Waals surface area (Å²) in [6.45, 7) is 3.19. The van der Waals surface area contributed by atoms with Crippen LogP contribution in [0.3, 0.4) is 0 Å². The van der Waals surface area contributed by atoms with Gasteiger partial charge in [-0.1, -0.05) is 0 Å². The van der Waals surface area contributed by atoms with Gasteiger partial charge in [0.15, 0.2) is 0 Å². The summed E-state index contributed by atoms with van der Waals surface area (Å²) in [5.74, 6) is 1.34. The maximum atomic E-state index is 11.4. The van der Waals surface area contributed by atoms with E-state index in [0.717, 1.165) is 19.4 Å². The van der Waals surface area contributed by atoms with E-state index in [1.54, 1.807) is 0 Å². The highest BCUT2D eigenvalue weighted by Crippen LogP contribution is 2.36. The largest absolute Gasteiger partial charge is 0.396 e. The summed E-state index contributed by atoms with van der Waals surface area (Å²) in [7, 11) is 0. The van der Waals surface area contributed by atoms with Gasteiger partial charge in [-0.05, 0) is 38.4 Å². The summed E-state index contributed by atoms with van der Waals surface area (Å²) in [5.41, 5.74) is 0. The Labute approximate surface area is 96.0 Å². The van der Waals surface area contributed by atoms with Gasteiger partial charge in [-0.2, -0.15) is 11.8 Å². The summed E-state index contributed by atoms with van der Waals surface area (Å²) in [6, 6.07) is 0. The zero-order valence-electron chi connectivity index (χ0n) is 9.42. The number of aliphatic hydroxyl groups excluding tert-OH is 1. The minimum absolute atomic E-state index is 0.122. The Kier molecular flexibility index (Phi) is 5.47. The van der Waals surface area contributed by atoms with Crippen molar-refractivity contribution in [3.8, 4) is 0 Å². The molecule has 0 aromatic carbocycles. The zero-order valence-corrected chi connectivity index (χ0v) is 10.2. The highest BCUT2D eigenvalue weighted by atomic mass is 32.2. The van der Waals surface area contributed by atoms with Crippen molar-refractivity contribution in [1.82, 2.24) is 5.32 Å². The summed E-state index contributed by atoms with van der Waals surface area (Å²) in [5, 5.41) is 11.6. The number of hydrogen-bond donors (Lipinski definition) is 2. The number of rotatable bonds is 6. The Hall–Kier alpha value is -0.220. The molecule has 0 aromatic rings. The van der Waals surface area contributed by atoms with E-state index in [4.69, 9.17) is 5.11 Å². The smallest absolute Gasteiger partial charge is 0.220 e. The molecule has 88 valence electrons. The Balaban J connectivity index is 2.10. The molecule has 1 amide bonds. The molecule has 0 saturated carbocycles. The predicted molar refractivity (Wildman–Crippen MR) is 64.0 cm³/mol. The molecule has 0 aliphatic carbocycles. The minimum atomic E-state index is 0.122. The molecule has 1 fully saturated rings. The first-order chi connectivity index (χ1) is 7.16. The summed E-state index contributed by atoms with van der Waals surface area (Å²) < 4.78 is 0.257. The van der Waals surface area contributed by atoms with Crippen LogP contribution in [0.25, 0.3) is 0 Å². The van der Waals surface area contributed by atoms with Crippen LogP contribution in [-0.2, 0) is 4.79 Å². The van der Waals surface area contributed by atoms with E-state index in [2.05, 4.69) is 12.2 Å². The van der Waals surface area contributed by atoms with Crippen molar-refractivity contribution in [1.29, 1.82) is 0 Å². The third-order valence-corrected chi connectivity index (χ3v) is 4.31. The van der Waals surface area contributed by atoms with Crippen LogP contribution in [0.4, 0.5) is 0 Å². The molecule has 3 nitrogen and oxygen atoms in total. The lowest BCUT2D eigenvalue weighted by Gasteiger charge is -2.22. The first-order valence-electron chi connectivity index (χ1n) is 5.68. The molecule has 1 rings (SSSR count). The Morgan fingerprint density at radius 1 is 1.53 bits per heavy atom. The van der Waals surface area contributed by atoms with Gasteiger partial charge in [0, 0.05) is 24.3 Å². The maximum absolute atomic E-state index is 11.4. The van der Waals surface area contributed by atoms with Crippen LogP contribution < -0.4 is 5.32 Å². The quantitative estimate of drug-likeness (QED) is 0.682. The van der Waals surface area contributed by atoms with E-state index in [1.165, 1.54) is 18.6 Å². The second-order valence-electron chi connectivity index (χ2n) is 4.36. The Morgan fingerprint density at radius 2 is 2.33 bits per heavy atom. The molecular weight excluding hydrogens is 210 g/mol. The summed E-state index contributed by atoms with van der Waals surface area (Å²) >= 11 is 1.96. The fourth-order valence-corrected chi connectivity index (χ4v) is 2.99. The minimum Gasteiger partial charge on any atom is -0.396 e. The molecule has 0 bridgehead atoms. The topological polar surface area (TPSA) is 49.3 Å². The number of thioether (sulfide) groups is 1. The van der Waals surface area contributed by atoms with Crippen LogP contribution in [0.2, 0.25) is 0 Å². The lowest BCUT2D eigenvalue weighted by molar-refractivity contribution is -0.121. The molecule has 0 aromatic heterocycles. The third kappa shape index (κ3) is 4.89. The molecule has 1 aliphatic rings. The average Bonchev–Trinajstić information content (AvgIpc) is 2.64. The number of hydrogen-bond acceptors (Lipinski definition) is 3. The van der Waals surface area contributed by atoms with Gasteiger partial charge in [-0.15, -0.1) is 0 Å². The monoisotopic (exact) mass is 231 g/mol. The molecule has 4 heteroatoms. The molecule has 1 unspecified atom stereocenters. The molecule has 0 radical (unpaired) electrons. The SMILES string of the molecule is CC1(CNC(=O)CCCCO)CCCS1. The molecule has 1 heterocycles. The van der Waals surface area contributed by atoms with Crippen LogP contribution in [0.15, 0.2) is 0 Å². The average molecular weight is 231 g/mol. The summed E-state index contributed by atoms with van der Waals surface area (Å²) in [6.07, 6.45) is 4.52. The number of unbranched alkanes of at least 4 members (excludes halogenated alkanes) is 1. The van der Waals surface area contributed by atoms with Crippen molar-refractivity contribution in [2.45, 2.75) is 43.8 Å². The molecular formula is C11H21NO2S. The van der Waals surface area contributed by atoms with Crippen LogP contribution >= 0.6 is 11.8 Å². The van der Waals surface area contributed by atoms with E-state index in [0.29, 0.717) is 6.42 Å². The number of carbonyl (C=O) groups excluding carboxylic acids is 1. The van der Waals surface area contributed by atoms with Crippen molar-refractivity contribution in [2.24, 2.45) is 0 Å². The van der Waals surface area contributed by atoms with Gasteiger partial charge in [0.1, 0.15) is 0 Å².